The molecule has 0 fully saturated rings. The van der Waals surface area contributed by atoms with Crippen molar-refractivity contribution in [3.63, 3.8) is 0 Å². The lowest BCUT2D eigenvalue weighted by molar-refractivity contribution is -0.384. The minimum absolute atomic E-state index is 0.000686. The van der Waals surface area contributed by atoms with Crippen LogP contribution < -0.4 is 27.0 Å². The number of non-ortho nitro benzene ring substituents is 1. The first-order valence-corrected chi connectivity index (χ1v) is 11.9. The Labute approximate surface area is 215 Å². The van der Waals surface area contributed by atoms with E-state index in [9.17, 15) is 10.1 Å². The van der Waals surface area contributed by atoms with Gasteiger partial charge in [-0.15, -0.1) is 11.3 Å². The van der Waals surface area contributed by atoms with Gasteiger partial charge in [0.15, 0.2) is 5.13 Å². The molecule has 0 saturated carbocycles. The standard InChI is InChI=1S/C24H20N10O2S/c35-34(36)19-13-7-8-16(14-19)20-15-37-24(25-20)29-21-26-22(32-30-17-9-3-1-4-10-17)28-23(27-21)33-31-18-11-5-2-6-12-18/h1-15,30-31H,(H3,25,26,27,28,29,32,33). The fourth-order valence-electron chi connectivity index (χ4n) is 3.18. The van der Waals surface area contributed by atoms with Gasteiger partial charge in [0.1, 0.15) is 0 Å². The predicted octanol–water partition coefficient (Wildman–Crippen LogP) is 5.52. The second-order valence-corrected chi connectivity index (χ2v) is 8.37. The molecule has 5 rings (SSSR count). The van der Waals surface area contributed by atoms with Crippen molar-refractivity contribution >= 4 is 51.4 Å². The molecule has 184 valence electrons. The number of rotatable bonds is 10. The van der Waals surface area contributed by atoms with Crippen molar-refractivity contribution in [1.82, 2.24) is 19.9 Å². The van der Waals surface area contributed by atoms with Crippen molar-refractivity contribution < 1.29 is 4.92 Å². The van der Waals surface area contributed by atoms with Crippen LogP contribution in [0.1, 0.15) is 0 Å². The van der Waals surface area contributed by atoms with Crippen LogP contribution in [0.5, 0.6) is 0 Å². The molecule has 13 heteroatoms. The summed E-state index contributed by atoms with van der Waals surface area (Å²) in [7, 11) is 0. The third kappa shape index (κ3) is 6.23. The Morgan fingerprint density at radius 1 is 0.676 bits per heavy atom. The highest BCUT2D eigenvalue weighted by atomic mass is 32.1. The molecule has 0 aliphatic carbocycles. The highest BCUT2D eigenvalue weighted by Crippen LogP contribution is 2.28. The van der Waals surface area contributed by atoms with Gasteiger partial charge in [-0.1, -0.05) is 48.5 Å². The highest BCUT2D eigenvalue weighted by molar-refractivity contribution is 7.14. The summed E-state index contributed by atoms with van der Waals surface area (Å²) in [4.78, 5) is 28.4. The lowest BCUT2D eigenvalue weighted by Gasteiger charge is -2.12. The molecule has 5 N–H and O–H groups in total. The smallest absolute Gasteiger partial charge is 0.270 e. The molecule has 2 aromatic heterocycles. The maximum absolute atomic E-state index is 11.1. The Balaban J connectivity index is 1.36. The van der Waals surface area contributed by atoms with E-state index in [0.29, 0.717) is 16.4 Å². The van der Waals surface area contributed by atoms with Crippen LogP contribution in [0.4, 0.5) is 40.0 Å². The molecule has 3 aromatic carbocycles. The molecule has 0 radical (unpaired) electrons. The van der Waals surface area contributed by atoms with Gasteiger partial charge in [0.25, 0.3) is 5.69 Å². The molecular formula is C24H20N10O2S. The maximum Gasteiger partial charge on any atom is 0.270 e. The molecule has 0 unspecified atom stereocenters. The molecule has 0 saturated heterocycles. The molecule has 5 aromatic rings. The van der Waals surface area contributed by atoms with E-state index in [4.69, 9.17) is 0 Å². The number of aromatic nitrogens is 4. The van der Waals surface area contributed by atoms with Crippen molar-refractivity contribution in [2.24, 2.45) is 0 Å². The third-order valence-corrected chi connectivity index (χ3v) is 5.65. The average Bonchev–Trinajstić information content (AvgIpc) is 3.40. The topological polar surface area (TPSA) is 155 Å². The summed E-state index contributed by atoms with van der Waals surface area (Å²) >= 11 is 1.32. The van der Waals surface area contributed by atoms with E-state index in [1.54, 1.807) is 17.5 Å². The number of anilines is 6. The number of hydrazine groups is 2. The number of hydrogen-bond donors (Lipinski definition) is 5. The minimum Gasteiger partial charge on any atom is -0.300 e. The lowest BCUT2D eigenvalue weighted by Crippen LogP contribution is -2.17. The third-order valence-electron chi connectivity index (χ3n) is 4.90. The molecule has 0 bridgehead atoms. The van der Waals surface area contributed by atoms with Gasteiger partial charge in [-0.2, -0.15) is 15.0 Å². The summed E-state index contributed by atoms with van der Waals surface area (Å²) in [5, 5.41) is 16.5. The average molecular weight is 513 g/mol. The molecule has 0 aliphatic heterocycles. The van der Waals surface area contributed by atoms with Gasteiger partial charge in [-0.25, -0.2) is 4.98 Å². The summed E-state index contributed by atoms with van der Waals surface area (Å²) in [6, 6.07) is 25.4. The van der Waals surface area contributed by atoms with E-state index >= 15 is 0 Å². The fourth-order valence-corrected chi connectivity index (χ4v) is 3.89. The van der Waals surface area contributed by atoms with Gasteiger partial charge in [-0.3, -0.25) is 37.1 Å². The monoisotopic (exact) mass is 512 g/mol. The summed E-state index contributed by atoms with van der Waals surface area (Å²) in [6.45, 7) is 0. The van der Waals surface area contributed by atoms with Crippen LogP contribution in [0, 0.1) is 10.1 Å². The molecule has 0 aliphatic rings. The Morgan fingerprint density at radius 3 is 1.86 bits per heavy atom. The number of para-hydroxylation sites is 2. The minimum atomic E-state index is -0.435. The van der Waals surface area contributed by atoms with E-state index in [1.165, 1.54) is 23.5 Å². The fraction of sp³-hybridized carbons (Fsp3) is 0. The van der Waals surface area contributed by atoms with E-state index in [-0.39, 0.29) is 23.5 Å². The summed E-state index contributed by atoms with van der Waals surface area (Å²) in [6.07, 6.45) is 0. The van der Waals surface area contributed by atoms with Crippen LogP contribution in [0.25, 0.3) is 11.3 Å². The van der Waals surface area contributed by atoms with Crippen LogP contribution in [0.15, 0.2) is 90.3 Å². The first-order chi connectivity index (χ1) is 18.1. The zero-order valence-electron chi connectivity index (χ0n) is 19.1. The van der Waals surface area contributed by atoms with E-state index in [0.717, 1.165) is 11.4 Å². The molecule has 12 nitrogen and oxygen atoms in total. The molecule has 0 spiro atoms. The van der Waals surface area contributed by atoms with Gasteiger partial charge in [0.2, 0.25) is 17.8 Å². The van der Waals surface area contributed by atoms with Crippen LogP contribution in [-0.4, -0.2) is 24.9 Å². The van der Waals surface area contributed by atoms with Crippen LogP contribution >= 0.6 is 11.3 Å². The van der Waals surface area contributed by atoms with Crippen molar-refractivity contribution in [2.75, 3.05) is 27.0 Å². The zero-order chi connectivity index (χ0) is 25.5. The van der Waals surface area contributed by atoms with Gasteiger partial charge in [0.05, 0.1) is 22.0 Å². The number of thiazole rings is 1. The van der Waals surface area contributed by atoms with Gasteiger partial charge < -0.3 is 0 Å². The maximum atomic E-state index is 11.1. The van der Waals surface area contributed by atoms with Crippen molar-refractivity contribution in [2.45, 2.75) is 0 Å². The number of benzene rings is 3. The molecular weight excluding hydrogens is 492 g/mol. The summed E-state index contributed by atoms with van der Waals surface area (Å²) < 4.78 is 0. The van der Waals surface area contributed by atoms with Crippen LogP contribution in [0.3, 0.4) is 0 Å². The quantitative estimate of drug-likeness (QED) is 0.119. The zero-order valence-corrected chi connectivity index (χ0v) is 19.9. The Kier molecular flexibility index (Phi) is 6.95. The summed E-state index contributed by atoms with van der Waals surface area (Å²) in [5.41, 5.74) is 14.9. The number of nitrogens with one attached hydrogen (secondary N) is 5. The largest absolute Gasteiger partial charge is 0.300 e. The normalized spacial score (nSPS) is 10.4. The SMILES string of the molecule is O=[N+]([O-])c1cccc(-c2csc(Nc3nc(NNc4ccccc4)nc(NNc4ccccc4)n3)n2)c1. The van der Waals surface area contributed by atoms with E-state index < -0.39 is 4.92 Å². The van der Waals surface area contributed by atoms with Gasteiger partial charge in [0, 0.05) is 23.1 Å². The van der Waals surface area contributed by atoms with Gasteiger partial charge >= 0.3 is 0 Å². The van der Waals surface area contributed by atoms with Crippen molar-refractivity contribution in [3.8, 4) is 11.3 Å². The molecule has 0 atom stereocenters. The van der Waals surface area contributed by atoms with Crippen LogP contribution in [-0.2, 0) is 0 Å². The Bertz CT molecular complexity index is 1440. The van der Waals surface area contributed by atoms with Crippen molar-refractivity contribution in [1.29, 1.82) is 0 Å². The Morgan fingerprint density at radius 2 is 1.27 bits per heavy atom. The van der Waals surface area contributed by atoms with E-state index in [1.807, 2.05) is 60.7 Å². The first-order valence-electron chi connectivity index (χ1n) is 11.0. The number of hydrogen-bond acceptors (Lipinski definition) is 12. The number of nitro benzene ring substituents is 1. The highest BCUT2D eigenvalue weighted by Gasteiger charge is 2.12. The van der Waals surface area contributed by atoms with E-state index in [2.05, 4.69) is 47.0 Å². The van der Waals surface area contributed by atoms with Gasteiger partial charge in [-0.05, 0) is 24.3 Å². The lowest BCUT2D eigenvalue weighted by atomic mass is 10.1. The Hall–Kier alpha value is -5.30. The number of nitro groups is 1. The summed E-state index contributed by atoms with van der Waals surface area (Å²) in [5.74, 6) is 0.757. The molecule has 37 heavy (non-hydrogen) atoms. The molecule has 2 heterocycles. The molecule has 0 amide bonds. The van der Waals surface area contributed by atoms with Crippen LogP contribution in [0.2, 0.25) is 0 Å². The van der Waals surface area contributed by atoms with Crippen molar-refractivity contribution in [3.05, 3.63) is 100 Å². The second-order valence-electron chi connectivity index (χ2n) is 7.51. The number of nitrogens with zero attached hydrogens (tertiary/aromatic N) is 5. The first kappa shape index (κ1) is 23.4. The predicted molar refractivity (Wildman–Crippen MR) is 145 cm³/mol. The second kappa shape index (κ2) is 11.0.